The molecule has 1 aromatic heterocycles. The minimum Gasteiger partial charge on any atom is -0.465 e. The third-order valence-corrected chi connectivity index (χ3v) is 6.65. The van der Waals surface area contributed by atoms with E-state index >= 15 is 0 Å². The lowest BCUT2D eigenvalue weighted by Crippen LogP contribution is -2.57. The molecular formula is C21H22N2O4S. The van der Waals surface area contributed by atoms with Gasteiger partial charge in [0.05, 0.1) is 24.5 Å². The van der Waals surface area contributed by atoms with E-state index in [9.17, 15) is 14.4 Å². The Morgan fingerprint density at radius 2 is 1.93 bits per heavy atom. The number of ether oxygens (including phenoxy) is 1. The number of thiophene rings is 1. The standard InChI is InChI=1S/C21H22N2O4S/c1-3-27-20(26)21(12-13-8-5-4-6-9-13)16-15(18(24)23(2)19(16)25)17(22-21)14-10-7-11-28-14/h4-11,15-17,22H,3,12H2,1-2H3. The fourth-order valence-corrected chi connectivity index (χ4v) is 5.28. The number of esters is 1. The highest BCUT2D eigenvalue weighted by Gasteiger charge is 2.68. The molecule has 0 spiro atoms. The largest absolute Gasteiger partial charge is 0.465 e. The molecule has 2 aliphatic rings. The third-order valence-electron chi connectivity index (χ3n) is 5.69. The van der Waals surface area contributed by atoms with Crippen LogP contribution in [0.5, 0.6) is 0 Å². The summed E-state index contributed by atoms with van der Waals surface area (Å²) in [5, 5.41) is 5.32. The van der Waals surface area contributed by atoms with E-state index in [2.05, 4.69) is 5.32 Å². The summed E-state index contributed by atoms with van der Waals surface area (Å²) in [6, 6.07) is 13.0. The molecule has 1 aromatic carbocycles. The highest BCUT2D eigenvalue weighted by molar-refractivity contribution is 7.10. The first-order valence-corrected chi connectivity index (χ1v) is 10.2. The van der Waals surface area contributed by atoms with E-state index < -0.39 is 29.4 Å². The molecule has 0 radical (unpaired) electrons. The first kappa shape index (κ1) is 18.8. The summed E-state index contributed by atoms with van der Waals surface area (Å²) in [6.07, 6.45) is 0.280. The van der Waals surface area contributed by atoms with Crippen LogP contribution in [0, 0.1) is 11.8 Å². The lowest BCUT2D eigenvalue weighted by molar-refractivity contribution is -0.156. The number of carbonyl (C=O) groups excluding carboxylic acids is 3. The van der Waals surface area contributed by atoms with E-state index in [0.29, 0.717) is 0 Å². The van der Waals surface area contributed by atoms with Crippen LogP contribution in [0.25, 0.3) is 0 Å². The van der Waals surface area contributed by atoms with Crippen molar-refractivity contribution < 1.29 is 19.1 Å². The number of amides is 2. The summed E-state index contributed by atoms with van der Waals surface area (Å²) >= 11 is 1.51. The Bertz CT molecular complexity index is 898. The second kappa shape index (κ2) is 7.14. The first-order valence-electron chi connectivity index (χ1n) is 9.33. The van der Waals surface area contributed by atoms with Crippen LogP contribution >= 0.6 is 11.3 Å². The van der Waals surface area contributed by atoms with Gasteiger partial charge in [0.2, 0.25) is 11.8 Å². The van der Waals surface area contributed by atoms with Crippen molar-refractivity contribution in [2.75, 3.05) is 13.7 Å². The van der Waals surface area contributed by atoms with E-state index in [4.69, 9.17) is 4.74 Å². The predicted molar refractivity (Wildman–Crippen MR) is 104 cm³/mol. The smallest absolute Gasteiger partial charge is 0.327 e. The predicted octanol–water partition coefficient (Wildman–Crippen LogP) is 2.17. The zero-order valence-corrected chi connectivity index (χ0v) is 16.6. The van der Waals surface area contributed by atoms with Crippen molar-refractivity contribution >= 4 is 29.1 Å². The molecule has 0 bridgehead atoms. The number of likely N-dealkylation sites (tertiary alicyclic amines) is 1. The molecule has 0 saturated carbocycles. The van der Waals surface area contributed by atoms with E-state index in [1.807, 2.05) is 47.8 Å². The van der Waals surface area contributed by atoms with Gasteiger partial charge in [-0.25, -0.2) is 0 Å². The topological polar surface area (TPSA) is 75.7 Å². The number of benzene rings is 1. The molecule has 3 heterocycles. The van der Waals surface area contributed by atoms with Crippen molar-refractivity contribution in [2.24, 2.45) is 11.8 Å². The first-order chi connectivity index (χ1) is 13.5. The zero-order valence-electron chi connectivity index (χ0n) is 15.8. The lowest BCUT2D eigenvalue weighted by Gasteiger charge is -2.32. The molecule has 4 unspecified atom stereocenters. The van der Waals surface area contributed by atoms with E-state index in [0.717, 1.165) is 15.3 Å². The minimum absolute atomic E-state index is 0.204. The van der Waals surface area contributed by atoms with Gasteiger partial charge in [0.1, 0.15) is 5.54 Å². The van der Waals surface area contributed by atoms with Crippen LogP contribution in [0.3, 0.4) is 0 Å². The number of imide groups is 1. The summed E-state index contributed by atoms with van der Waals surface area (Å²) in [5.41, 5.74) is -0.378. The maximum atomic E-state index is 13.2. The van der Waals surface area contributed by atoms with Crippen LogP contribution in [0.2, 0.25) is 0 Å². The van der Waals surface area contributed by atoms with Gasteiger partial charge in [-0.15, -0.1) is 11.3 Å². The number of rotatable bonds is 5. The number of hydrogen-bond donors (Lipinski definition) is 1. The maximum absolute atomic E-state index is 13.2. The zero-order chi connectivity index (χ0) is 19.9. The molecule has 0 aliphatic carbocycles. The van der Waals surface area contributed by atoms with Gasteiger partial charge in [-0.05, 0) is 23.9 Å². The monoisotopic (exact) mass is 398 g/mol. The van der Waals surface area contributed by atoms with Crippen LogP contribution in [0.4, 0.5) is 0 Å². The van der Waals surface area contributed by atoms with E-state index in [1.165, 1.54) is 18.4 Å². The molecular weight excluding hydrogens is 376 g/mol. The highest BCUT2D eigenvalue weighted by Crippen LogP contribution is 2.50. The van der Waals surface area contributed by atoms with Crippen molar-refractivity contribution in [3.63, 3.8) is 0 Å². The van der Waals surface area contributed by atoms with Crippen molar-refractivity contribution in [2.45, 2.75) is 24.9 Å². The Hall–Kier alpha value is -2.51. The van der Waals surface area contributed by atoms with Gasteiger partial charge in [0, 0.05) is 18.3 Å². The molecule has 2 aromatic rings. The Balaban J connectivity index is 1.85. The Labute approximate surface area is 167 Å². The second-order valence-electron chi connectivity index (χ2n) is 7.23. The summed E-state index contributed by atoms with van der Waals surface area (Å²) in [4.78, 5) is 41.4. The molecule has 2 aliphatic heterocycles. The normalized spacial score (nSPS) is 29.2. The van der Waals surface area contributed by atoms with Gasteiger partial charge < -0.3 is 4.74 Å². The summed E-state index contributed by atoms with van der Waals surface area (Å²) in [7, 11) is 1.49. The Morgan fingerprint density at radius 3 is 2.57 bits per heavy atom. The fraction of sp³-hybridized carbons (Fsp3) is 0.381. The van der Waals surface area contributed by atoms with Crippen LogP contribution in [0.15, 0.2) is 47.8 Å². The van der Waals surface area contributed by atoms with E-state index in [-0.39, 0.29) is 24.8 Å². The van der Waals surface area contributed by atoms with E-state index in [1.54, 1.807) is 6.92 Å². The molecule has 2 amide bonds. The second-order valence-corrected chi connectivity index (χ2v) is 8.21. The molecule has 7 heteroatoms. The quantitative estimate of drug-likeness (QED) is 0.617. The average molecular weight is 398 g/mol. The van der Waals surface area contributed by atoms with Crippen molar-refractivity contribution in [3.05, 3.63) is 58.3 Å². The van der Waals surface area contributed by atoms with Gasteiger partial charge in [-0.3, -0.25) is 24.6 Å². The van der Waals surface area contributed by atoms with Gasteiger partial charge in [0.15, 0.2) is 0 Å². The molecule has 146 valence electrons. The van der Waals surface area contributed by atoms with Crippen molar-refractivity contribution in [1.29, 1.82) is 0 Å². The number of hydrogen-bond acceptors (Lipinski definition) is 6. The van der Waals surface area contributed by atoms with Crippen molar-refractivity contribution in [3.8, 4) is 0 Å². The summed E-state index contributed by atoms with van der Waals surface area (Å²) < 4.78 is 5.41. The van der Waals surface area contributed by atoms with Gasteiger partial charge in [0.25, 0.3) is 0 Å². The van der Waals surface area contributed by atoms with Crippen LogP contribution in [-0.2, 0) is 25.5 Å². The fourth-order valence-electron chi connectivity index (χ4n) is 4.46. The molecule has 4 atom stereocenters. The number of nitrogens with one attached hydrogen (secondary N) is 1. The summed E-state index contributed by atoms with van der Waals surface area (Å²) in [5.74, 6) is -2.48. The van der Waals surface area contributed by atoms with Gasteiger partial charge in [-0.2, -0.15) is 0 Å². The average Bonchev–Trinajstić information content (AvgIpc) is 3.38. The molecule has 2 fully saturated rings. The van der Waals surface area contributed by atoms with Crippen molar-refractivity contribution in [1.82, 2.24) is 10.2 Å². The lowest BCUT2D eigenvalue weighted by atomic mass is 9.76. The van der Waals surface area contributed by atoms with Crippen LogP contribution < -0.4 is 5.32 Å². The number of nitrogens with zero attached hydrogens (tertiary/aromatic N) is 1. The number of carbonyl (C=O) groups is 3. The minimum atomic E-state index is -1.28. The highest BCUT2D eigenvalue weighted by atomic mass is 32.1. The molecule has 6 nitrogen and oxygen atoms in total. The van der Waals surface area contributed by atoms with Gasteiger partial charge >= 0.3 is 5.97 Å². The van der Waals surface area contributed by atoms with Crippen LogP contribution in [-0.4, -0.2) is 41.9 Å². The number of fused-ring (bicyclic) bond motifs is 1. The van der Waals surface area contributed by atoms with Crippen LogP contribution in [0.1, 0.15) is 23.4 Å². The summed E-state index contributed by atoms with van der Waals surface area (Å²) in [6.45, 7) is 1.95. The maximum Gasteiger partial charge on any atom is 0.327 e. The molecule has 28 heavy (non-hydrogen) atoms. The molecule has 2 saturated heterocycles. The Kier molecular flexibility index (Phi) is 4.81. The molecule has 4 rings (SSSR count). The Morgan fingerprint density at radius 1 is 1.18 bits per heavy atom. The third kappa shape index (κ3) is 2.77. The van der Waals surface area contributed by atoms with Gasteiger partial charge in [-0.1, -0.05) is 36.4 Å². The SMILES string of the molecule is CCOC(=O)C1(Cc2ccccc2)NC(c2cccs2)C2C(=O)N(C)C(=O)C21. The molecule has 1 N–H and O–H groups in total.